The summed E-state index contributed by atoms with van der Waals surface area (Å²) in [6.45, 7) is 9.92. The second-order valence-corrected chi connectivity index (χ2v) is 8.92. The van der Waals surface area contributed by atoms with Gasteiger partial charge in [-0.2, -0.15) is 0 Å². The van der Waals surface area contributed by atoms with E-state index in [9.17, 15) is 9.59 Å². The van der Waals surface area contributed by atoms with Crippen molar-refractivity contribution in [3.63, 3.8) is 0 Å². The van der Waals surface area contributed by atoms with Crippen LogP contribution in [0, 0.1) is 0 Å². The van der Waals surface area contributed by atoms with E-state index < -0.39 is 6.04 Å². The van der Waals surface area contributed by atoms with E-state index in [2.05, 4.69) is 60.7 Å². The Hall–Kier alpha value is -3.08. The van der Waals surface area contributed by atoms with E-state index in [1.807, 2.05) is 37.4 Å². The van der Waals surface area contributed by atoms with E-state index in [-0.39, 0.29) is 23.3 Å². The molecule has 158 valence electrons. The first kappa shape index (κ1) is 21.6. The molecule has 2 unspecified atom stereocenters. The number of aromatic amines is 1. The zero-order valence-corrected chi connectivity index (χ0v) is 18.4. The highest BCUT2D eigenvalue weighted by molar-refractivity contribution is 5.89. The van der Waals surface area contributed by atoms with Crippen LogP contribution in [0.15, 0.2) is 54.7 Å². The summed E-state index contributed by atoms with van der Waals surface area (Å²) < 4.78 is 0. The largest absolute Gasteiger partial charge is 0.361 e. The maximum atomic E-state index is 13.0. The lowest BCUT2D eigenvalue weighted by Crippen LogP contribution is -2.47. The zero-order valence-electron chi connectivity index (χ0n) is 18.4. The van der Waals surface area contributed by atoms with Crippen LogP contribution in [0.3, 0.4) is 0 Å². The van der Waals surface area contributed by atoms with Crippen LogP contribution in [-0.4, -0.2) is 22.8 Å². The fourth-order valence-electron chi connectivity index (χ4n) is 3.64. The first-order valence-corrected chi connectivity index (χ1v) is 10.4. The number of benzene rings is 2. The molecule has 0 bridgehead atoms. The molecule has 0 fully saturated rings. The molecule has 0 aliphatic rings. The van der Waals surface area contributed by atoms with Crippen LogP contribution in [-0.2, 0) is 21.4 Å². The molecule has 3 aromatic rings. The summed E-state index contributed by atoms with van der Waals surface area (Å²) in [6.07, 6.45) is 2.33. The molecule has 2 aromatic carbocycles. The van der Waals surface area contributed by atoms with E-state index in [4.69, 9.17) is 0 Å². The van der Waals surface area contributed by atoms with Gasteiger partial charge in [-0.15, -0.1) is 0 Å². The highest BCUT2D eigenvalue weighted by Gasteiger charge is 2.23. The molecule has 2 amide bonds. The third kappa shape index (κ3) is 5.09. The number of carbonyl (C=O) groups is 2. The fraction of sp³-hybridized carbons (Fsp3) is 0.360. The summed E-state index contributed by atoms with van der Waals surface area (Å²) in [5.74, 6) is -0.417. The molecule has 3 N–H and O–H groups in total. The number of nitrogens with one attached hydrogen (secondary N) is 3. The van der Waals surface area contributed by atoms with Crippen molar-refractivity contribution in [2.75, 3.05) is 0 Å². The molecule has 1 heterocycles. The van der Waals surface area contributed by atoms with Crippen LogP contribution in [0.5, 0.6) is 0 Å². The maximum Gasteiger partial charge on any atom is 0.243 e. The molecule has 0 aliphatic heterocycles. The Balaban J connectivity index is 1.74. The van der Waals surface area contributed by atoms with Gasteiger partial charge in [0.15, 0.2) is 0 Å². The van der Waals surface area contributed by atoms with Crippen molar-refractivity contribution < 1.29 is 9.59 Å². The van der Waals surface area contributed by atoms with Crippen molar-refractivity contribution in [3.8, 4) is 0 Å². The predicted octanol–water partition coefficient (Wildman–Crippen LogP) is 4.39. The molecule has 5 nitrogen and oxygen atoms in total. The maximum absolute atomic E-state index is 13.0. The van der Waals surface area contributed by atoms with E-state index in [0.29, 0.717) is 6.42 Å². The van der Waals surface area contributed by atoms with Crippen molar-refractivity contribution in [1.82, 2.24) is 15.6 Å². The summed E-state index contributed by atoms with van der Waals surface area (Å²) in [7, 11) is 0. The third-order valence-corrected chi connectivity index (χ3v) is 5.43. The van der Waals surface area contributed by atoms with Crippen LogP contribution in [0.25, 0.3) is 10.9 Å². The Morgan fingerprint density at radius 1 is 1.00 bits per heavy atom. The molecule has 2 atom stereocenters. The Kier molecular flexibility index (Phi) is 6.30. The van der Waals surface area contributed by atoms with Gasteiger partial charge in [-0.05, 0) is 35.1 Å². The minimum atomic E-state index is -0.641. The number of rotatable bonds is 6. The molecule has 0 saturated heterocycles. The first-order valence-electron chi connectivity index (χ1n) is 10.4. The topological polar surface area (TPSA) is 74.0 Å². The van der Waals surface area contributed by atoms with Gasteiger partial charge in [-0.3, -0.25) is 9.59 Å². The van der Waals surface area contributed by atoms with Gasteiger partial charge in [-0.25, -0.2) is 0 Å². The SMILES string of the molecule is CC(=O)NC(Cc1c[nH]c2ccccc12)C(=O)NC(C)c1ccc(C(C)(C)C)cc1. The van der Waals surface area contributed by atoms with Gasteiger partial charge in [0, 0.05) is 30.4 Å². The molecule has 0 spiro atoms. The number of hydrogen-bond acceptors (Lipinski definition) is 2. The number of carbonyl (C=O) groups excluding carboxylic acids is 2. The van der Waals surface area contributed by atoms with Crippen LogP contribution in [0.1, 0.15) is 57.4 Å². The fourth-order valence-corrected chi connectivity index (χ4v) is 3.64. The minimum Gasteiger partial charge on any atom is -0.361 e. The van der Waals surface area contributed by atoms with E-state index in [1.54, 1.807) is 0 Å². The number of aromatic nitrogens is 1. The lowest BCUT2D eigenvalue weighted by atomic mass is 9.86. The Bertz CT molecular complexity index is 1030. The summed E-state index contributed by atoms with van der Waals surface area (Å²) in [4.78, 5) is 28.0. The molecule has 1 aromatic heterocycles. The number of H-pyrrole nitrogens is 1. The smallest absolute Gasteiger partial charge is 0.243 e. The minimum absolute atomic E-state index is 0.0842. The number of para-hydroxylation sites is 1. The quantitative estimate of drug-likeness (QED) is 0.569. The molecule has 3 rings (SSSR count). The second kappa shape index (κ2) is 8.74. The van der Waals surface area contributed by atoms with Crippen LogP contribution in [0.4, 0.5) is 0 Å². The van der Waals surface area contributed by atoms with Gasteiger partial charge in [0.05, 0.1) is 6.04 Å². The Morgan fingerprint density at radius 2 is 1.67 bits per heavy atom. The lowest BCUT2D eigenvalue weighted by Gasteiger charge is -2.23. The molecule has 0 aliphatic carbocycles. The molecular formula is C25H31N3O2. The van der Waals surface area contributed by atoms with Crippen molar-refractivity contribution in [1.29, 1.82) is 0 Å². The van der Waals surface area contributed by atoms with Gasteiger partial charge in [0.2, 0.25) is 11.8 Å². The average molecular weight is 406 g/mol. The van der Waals surface area contributed by atoms with Crippen molar-refractivity contribution in [2.45, 2.75) is 58.5 Å². The van der Waals surface area contributed by atoms with E-state index in [1.165, 1.54) is 12.5 Å². The van der Waals surface area contributed by atoms with Crippen LogP contribution in [0.2, 0.25) is 0 Å². The van der Waals surface area contributed by atoms with Crippen molar-refractivity contribution in [3.05, 3.63) is 71.4 Å². The van der Waals surface area contributed by atoms with Gasteiger partial charge in [-0.1, -0.05) is 63.2 Å². The lowest BCUT2D eigenvalue weighted by molar-refractivity contribution is -0.128. The van der Waals surface area contributed by atoms with E-state index in [0.717, 1.165) is 22.0 Å². The van der Waals surface area contributed by atoms with Gasteiger partial charge in [0.25, 0.3) is 0 Å². The summed E-state index contributed by atoms with van der Waals surface area (Å²) in [5.41, 5.74) is 4.38. The summed E-state index contributed by atoms with van der Waals surface area (Å²) in [6, 6.07) is 15.5. The number of amides is 2. The Morgan fingerprint density at radius 3 is 2.30 bits per heavy atom. The zero-order chi connectivity index (χ0) is 21.9. The van der Waals surface area contributed by atoms with Crippen LogP contribution < -0.4 is 10.6 Å². The van der Waals surface area contributed by atoms with Crippen LogP contribution >= 0.6 is 0 Å². The Labute approximate surface area is 178 Å². The third-order valence-electron chi connectivity index (χ3n) is 5.43. The van der Waals surface area contributed by atoms with Gasteiger partial charge in [0.1, 0.15) is 6.04 Å². The molecular weight excluding hydrogens is 374 g/mol. The van der Waals surface area contributed by atoms with Gasteiger partial charge >= 0.3 is 0 Å². The summed E-state index contributed by atoms with van der Waals surface area (Å²) >= 11 is 0. The highest BCUT2D eigenvalue weighted by atomic mass is 16.2. The number of hydrogen-bond donors (Lipinski definition) is 3. The predicted molar refractivity (Wildman–Crippen MR) is 121 cm³/mol. The monoisotopic (exact) mass is 405 g/mol. The molecule has 0 saturated carbocycles. The van der Waals surface area contributed by atoms with Gasteiger partial charge < -0.3 is 15.6 Å². The molecule has 0 radical (unpaired) electrons. The standard InChI is InChI=1S/C25H31N3O2/c1-16(18-10-12-20(13-11-18)25(3,4)5)27-24(30)23(28-17(2)29)14-19-15-26-22-9-7-6-8-21(19)22/h6-13,15-16,23,26H,14H2,1-5H3,(H,27,30)(H,28,29). The van der Waals surface area contributed by atoms with E-state index >= 15 is 0 Å². The normalized spacial score (nSPS) is 13.6. The molecule has 30 heavy (non-hydrogen) atoms. The molecule has 5 heteroatoms. The first-order chi connectivity index (χ1) is 14.1. The summed E-state index contributed by atoms with van der Waals surface area (Å²) in [5, 5.41) is 6.92. The average Bonchev–Trinajstić information content (AvgIpc) is 3.09. The second-order valence-electron chi connectivity index (χ2n) is 8.92. The number of fused-ring (bicyclic) bond motifs is 1. The van der Waals surface area contributed by atoms with Crippen molar-refractivity contribution >= 4 is 22.7 Å². The van der Waals surface area contributed by atoms with Crippen molar-refractivity contribution in [2.24, 2.45) is 0 Å². The highest BCUT2D eigenvalue weighted by Crippen LogP contribution is 2.24.